The molecule has 0 amide bonds. The van der Waals surface area contributed by atoms with Crippen LogP contribution in [-0.2, 0) is 7.05 Å². The number of hydrogen-bond donors (Lipinski definition) is 1. The zero-order valence-electron chi connectivity index (χ0n) is 10.2. The van der Waals surface area contributed by atoms with Crippen molar-refractivity contribution in [3.63, 3.8) is 0 Å². The Morgan fingerprint density at radius 2 is 2.12 bits per heavy atom. The van der Waals surface area contributed by atoms with Crippen molar-refractivity contribution < 1.29 is 0 Å². The number of aromatic nitrogens is 4. The van der Waals surface area contributed by atoms with Crippen LogP contribution in [0.2, 0.25) is 0 Å². The lowest BCUT2D eigenvalue weighted by Gasteiger charge is -2.15. The highest BCUT2D eigenvalue weighted by Gasteiger charge is 2.16. The number of rotatable bonds is 5. The molecule has 0 spiro atoms. The second-order valence-electron chi connectivity index (χ2n) is 3.97. The summed E-state index contributed by atoms with van der Waals surface area (Å²) in [7, 11) is 1.92. The first kappa shape index (κ1) is 11.7. The van der Waals surface area contributed by atoms with Gasteiger partial charge in [-0.1, -0.05) is 6.92 Å². The van der Waals surface area contributed by atoms with Gasteiger partial charge < -0.3 is 5.32 Å². The molecule has 1 unspecified atom stereocenters. The van der Waals surface area contributed by atoms with Crippen LogP contribution in [-0.4, -0.2) is 26.3 Å². The number of nitrogens with one attached hydrogen (secondary N) is 1. The van der Waals surface area contributed by atoms with Gasteiger partial charge in [0.05, 0.1) is 11.7 Å². The largest absolute Gasteiger partial charge is 0.305 e. The van der Waals surface area contributed by atoms with Crippen LogP contribution in [0.15, 0.2) is 31.0 Å². The van der Waals surface area contributed by atoms with Crippen LogP contribution in [0.4, 0.5) is 0 Å². The summed E-state index contributed by atoms with van der Waals surface area (Å²) in [5.74, 6) is 0. The lowest BCUT2D eigenvalue weighted by Crippen LogP contribution is -2.24. The Morgan fingerprint density at radius 1 is 1.35 bits per heavy atom. The first-order chi connectivity index (χ1) is 8.31. The summed E-state index contributed by atoms with van der Waals surface area (Å²) >= 11 is 0. The number of hydrogen-bond acceptors (Lipinski definition) is 4. The van der Waals surface area contributed by atoms with Gasteiger partial charge in [0.1, 0.15) is 6.33 Å². The van der Waals surface area contributed by atoms with E-state index in [1.807, 2.05) is 31.7 Å². The van der Waals surface area contributed by atoms with E-state index in [1.54, 1.807) is 11.0 Å². The van der Waals surface area contributed by atoms with E-state index in [9.17, 15) is 0 Å². The van der Waals surface area contributed by atoms with Crippen LogP contribution in [0.3, 0.4) is 0 Å². The maximum absolute atomic E-state index is 4.44. The van der Waals surface area contributed by atoms with Gasteiger partial charge in [-0.15, -0.1) is 0 Å². The fraction of sp³-hybridized carbons (Fsp3) is 0.417. The highest BCUT2D eigenvalue weighted by atomic mass is 15.3. The maximum atomic E-state index is 4.44. The molecule has 17 heavy (non-hydrogen) atoms. The maximum Gasteiger partial charge on any atom is 0.115 e. The molecule has 0 saturated carbocycles. The summed E-state index contributed by atoms with van der Waals surface area (Å²) in [6.45, 7) is 3.08. The summed E-state index contributed by atoms with van der Waals surface area (Å²) in [4.78, 5) is 8.12. The van der Waals surface area contributed by atoms with Gasteiger partial charge in [0, 0.05) is 31.2 Å². The van der Waals surface area contributed by atoms with E-state index < -0.39 is 0 Å². The van der Waals surface area contributed by atoms with Crippen molar-refractivity contribution >= 4 is 0 Å². The summed E-state index contributed by atoms with van der Waals surface area (Å²) < 4.78 is 1.81. The van der Waals surface area contributed by atoms with Gasteiger partial charge in [-0.2, -0.15) is 5.10 Å². The molecule has 0 saturated heterocycles. The average molecular weight is 231 g/mol. The Kier molecular flexibility index (Phi) is 3.82. The van der Waals surface area contributed by atoms with E-state index >= 15 is 0 Å². The van der Waals surface area contributed by atoms with Crippen LogP contribution < -0.4 is 5.32 Å². The first-order valence-electron chi connectivity index (χ1n) is 5.79. The lowest BCUT2D eigenvalue weighted by molar-refractivity contribution is 0.572. The van der Waals surface area contributed by atoms with E-state index in [4.69, 9.17) is 0 Å². The molecule has 5 nitrogen and oxygen atoms in total. The topological polar surface area (TPSA) is 55.6 Å². The standard InChI is InChI=1S/C12H17N5/c1-3-5-15-12(10-7-13-9-14-8-10)11-4-6-17(2)16-11/h4,6-9,12,15H,3,5H2,1-2H3. The molecule has 0 aliphatic carbocycles. The van der Waals surface area contributed by atoms with Gasteiger partial charge in [0.15, 0.2) is 0 Å². The van der Waals surface area contributed by atoms with Crippen molar-refractivity contribution in [2.24, 2.45) is 7.05 Å². The predicted octanol–water partition coefficient (Wildman–Crippen LogP) is 1.30. The third-order valence-electron chi connectivity index (χ3n) is 2.54. The molecule has 5 heteroatoms. The van der Waals surface area contributed by atoms with Crippen molar-refractivity contribution in [3.05, 3.63) is 42.2 Å². The molecule has 0 fully saturated rings. The van der Waals surface area contributed by atoms with Gasteiger partial charge in [-0.3, -0.25) is 4.68 Å². The van der Waals surface area contributed by atoms with Crippen molar-refractivity contribution in [3.8, 4) is 0 Å². The molecule has 2 rings (SSSR count). The van der Waals surface area contributed by atoms with Crippen molar-refractivity contribution in [1.29, 1.82) is 0 Å². The van der Waals surface area contributed by atoms with Crippen LogP contribution >= 0.6 is 0 Å². The minimum Gasteiger partial charge on any atom is -0.305 e. The molecule has 0 bridgehead atoms. The summed E-state index contributed by atoms with van der Waals surface area (Å²) in [6.07, 6.45) is 8.22. The highest BCUT2D eigenvalue weighted by Crippen LogP contribution is 2.18. The van der Waals surface area contributed by atoms with Gasteiger partial charge in [0.25, 0.3) is 0 Å². The zero-order valence-corrected chi connectivity index (χ0v) is 10.2. The van der Waals surface area contributed by atoms with Crippen LogP contribution in [0.5, 0.6) is 0 Å². The fourth-order valence-corrected chi connectivity index (χ4v) is 1.73. The normalized spacial score (nSPS) is 12.6. The lowest BCUT2D eigenvalue weighted by atomic mass is 10.1. The monoisotopic (exact) mass is 231 g/mol. The second-order valence-corrected chi connectivity index (χ2v) is 3.97. The molecule has 0 aromatic carbocycles. The van der Waals surface area contributed by atoms with E-state index in [0.717, 1.165) is 24.2 Å². The Bertz CT molecular complexity index is 451. The molecule has 2 heterocycles. The molecule has 1 N–H and O–H groups in total. The summed E-state index contributed by atoms with van der Waals surface area (Å²) in [6, 6.07) is 2.08. The molecular weight excluding hydrogens is 214 g/mol. The minimum atomic E-state index is 0.0670. The molecule has 0 radical (unpaired) electrons. The quantitative estimate of drug-likeness (QED) is 0.842. The van der Waals surface area contributed by atoms with Crippen molar-refractivity contribution in [2.45, 2.75) is 19.4 Å². The minimum absolute atomic E-state index is 0.0670. The van der Waals surface area contributed by atoms with Crippen LogP contribution in [0, 0.1) is 0 Å². The predicted molar refractivity (Wildman–Crippen MR) is 65.4 cm³/mol. The van der Waals surface area contributed by atoms with E-state index in [-0.39, 0.29) is 6.04 Å². The Labute approximate surface area is 101 Å². The van der Waals surface area contributed by atoms with Gasteiger partial charge in [-0.25, -0.2) is 9.97 Å². The molecule has 2 aromatic heterocycles. The van der Waals surface area contributed by atoms with Gasteiger partial charge in [-0.05, 0) is 19.0 Å². The van der Waals surface area contributed by atoms with Gasteiger partial charge in [0.2, 0.25) is 0 Å². The highest BCUT2D eigenvalue weighted by molar-refractivity contribution is 5.22. The molecule has 90 valence electrons. The third kappa shape index (κ3) is 2.88. The van der Waals surface area contributed by atoms with Crippen molar-refractivity contribution in [1.82, 2.24) is 25.1 Å². The molecule has 1 atom stereocenters. The van der Waals surface area contributed by atoms with Crippen molar-refractivity contribution in [2.75, 3.05) is 6.54 Å². The molecule has 0 aliphatic rings. The Morgan fingerprint density at radius 3 is 2.71 bits per heavy atom. The molecule has 2 aromatic rings. The fourth-order valence-electron chi connectivity index (χ4n) is 1.73. The van der Waals surface area contributed by atoms with Gasteiger partial charge >= 0.3 is 0 Å². The second kappa shape index (κ2) is 5.54. The Balaban J connectivity index is 2.25. The summed E-state index contributed by atoms with van der Waals surface area (Å²) in [5.41, 5.74) is 2.04. The van der Waals surface area contributed by atoms with Crippen LogP contribution in [0.25, 0.3) is 0 Å². The summed E-state index contributed by atoms with van der Waals surface area (Å²) in [5, 5.41) is 7.90. The average Bonchev–Trinajstić information content (AvgIpc) is 2.78. The van der Waals surface area contributed by atoms with Crippen LogP contribution in [0.1, 0.15) is 30.6 Å². The third-order valence-corrected chi connectivity index (χ3v) is 2.54. The zero-order chi connectivity index (χ0) is 12.1. The molecular formula is C12H17N5. The number of aryl methyl sites for hydroxylation is 1. The first-order valence-corrected chi connectivity index (χ1v) is 5.79. The van der Waals surface area contributed by atoms with E-state index in [2.05, 4.69) is 27.3 Å². The molecule has 0 aliphatic heterocycles. The number of nitrogens with zero attached hydrogens (tertiary/aromatic N) is 4. The van der Waals surface area contributed by atoms with E-state index in [0.29, 0.717) is 0 Å². The smallest absolute Gasteiger partial charge is 0.115 e. The van der Waals surface area contributed by atoms with E-state index in [1.165, 1.54) is 0 Å². The SMILES string of the molecule is CCCNC(c1cncnc1)c1ccn(C)n1. The Hall–Kier alpha value is -1.75.